The van der Waals surface area contributed by atoms with Gasteiger partial charge in [0.15, 0.2) is 0 Å². The maximum Gasteiger partial charge on any atom is 0.410 e. The molecular formula is C11H22N2O4. The van der Waals surface area contributed by atoms with Crippen LogP contribution < -0.4 is 0 Å². The van der Waals surface area contributed by atoms with E-state index in [0.29, 0.717) is 0 Å². The van der Waals surface area contributed by atoms with Crippen molar-refractivity contribution in [3.05, 3.63) is 0 Å². The van der Waals surface area contributed by atoms with Crippen molar-refractivity contribution in [2.75, 3.05) is 33.8 Å². The number of hydrogen-bond donors (Lipinski definition) is 1. The molecule has 1 N–H and O–H groups in total. The van der Waals surface area contributed by atoms with Crippen LogP contribution in [0.5, 0.6) is 0 Å². The summed E-state index contributed by atoms with van der Waals surface area (Å²) in [5.74, 6) is -0.243. The Bertz CT molecular complexity index is 273. The minimum absolute atomic E-state index is 0.0641. The number of nitrogens with zero attached hydrogens (tertiary/aromatic N) is 2. The van der Waals surface area contributed by atoms with Crippen molar-refractivity contribution in [1.29, 1.82) is 0 Å². The average molecular weight is 246 g/mol. The lowest BCUT2D eigenvalue weighted by Gasteiger charge is -2.25. The van der Waals surface area contributed by atoms with Gasteiger partial charge in [-0.15, -0.1) is 0 Å². The van der Waals surface area contributed by atoms with Crippen molar-refractivity contribution >= 4 is 12.0 Å². The molecule has 0 aromatic heterocycles. The zero-order valence-corrected chi connectivity index (χ0v) is 11.2. The first-order valence-corrected chi connectivity index (χ1v) is 5.46. The van der Waals surface area contributed by atoms with E-state index in [9.17, 15) is 9.59 Å². The highest BCUT2D eigenvalue weighted by molar-refractivity contribution is 5.82. The van der Waals surface area contributed by atoms with Gasteiger partial charge in [0.05, 0.1) is 6.61 Å². The predicted octanol–water partition coefficient (Wildman–Crippen LogP) is 0.304. The molecule has 0 aliphatic heterocycles. The van der Waals surface area contributed by atoms with E-state index in [4.69, 9.17) is 9.84 Å². The number of hydrogen-bond acceptors (Lipinski definition) is 4. The first-order chi connectivity index (χ1) is 7.67. The van der Waals surface area contributed by atoms with Gasteiger partial charge in [0.2, 0.25) is 5.91 Å². The van der Waals surface area contributed by atoms with Crippen molar-refractivity contribution in [2.45, 2.75) is 26.4 Å². The summed E-state index contributed by atoms with van der Waals surface area (Å²) in [5.41, 5.74) is -0.578. The fourth-order valence-corrected chi connectivity index (χ4v) is 1.00. The molecule has 6 nitrogen and oxygen atoms in total. The second-order valence-corrected chi connectivity index (χ2v) is 4.88. The molecular weight excluding hydrogens is 224 g/mol. The molecule has 0 aromatic rings. The summed E-state index contributed by atoms with van der Waals surface area (Å²) < 4.78 is 5.11. The highest BCUT2D eigenvalue weighted by Crippen LogP contribution is 2.08. The largest absolute Gasteiger partial charge is 0.444 e. The normalized spacial score (nSPS) is 10.9. The third-order valence-electron chi connectivity index (χ3n) is 1.94. The average Bonchev–Trinajstić information content (AvgIpc) is 2.15. The number of ether oxygens (including phenoxy) is 1. The van der Waals surface area contributed by atoms with E-state index in [1.54, 1.807) is 27.8 Å². The molecule has 0 unspecified atom stereocenters. The molecule has 100 valence electrons. The lowest BCUT2D eigenvalue weighted by molar-refractivity contribution is -0.131. The van der Waals surface area contributed by atoms with Crippen LogP contribution in [0.4, 0.5) is 4.79 Å². The van der Waals surface area contributed by atoms with Gasteiger partial charge in [-0.2, -0.15) is 0 Å². The Labute approximate surface area is 102 Å². The number of amides is 2. The van der Waals surface area contributed by atoms with Gasteiger partial charge in [-0.3, -0.25) is 4.79 Å². The van der Waals surface area contributed by atoms with E-state index in [0.717, 1.165) is 0 Å². The van der Waals surface area contributed by atoms with E-state index in [1.807, 2.05) is 0 Å². The van der Waals surface area contributed by atoms with E-state index in [2.05, 4.69) is 0 Å². The van der Waals surface area contributed by atoms with Crippen molar-refractivity contribution in [1.82, 2.24) is 9.80 Å². The Balaban J connectivity index is 4.21. The Morgan fingerprint density at radius 3 is 2.12 bits per heavy atom. The molecule has 0 radical (unpaired) electrons. The quantitative estimate of drug-likeness (QED) is 0.774. The van der Waals surface area contributed by atoms with Crippen molar-refractivity contribution in [2.24, 2.45) is 0 Å². The van der Waals surface area contributed by atoms with Crippen LogP contribution in [0.1, 0.15) is 20.8 Å². The number of rotatable bonds is 4. The van der Waals surface area contributed by atoms with Gasteiger partial charge in [-0.25, -0.2) is 4.79 Å². The summed E-state index contributed by atoms with van der Waals surface area (Å²) in [4.78, 5) is 25.7. The summed E-state index contributed by atoms with van der Waals surface area (Å²) >= 11 is 0. The van der Waals surface area contributed by atoms with Gasteiger partial charge in [0.25, 0.3) is 0 Å². The Morgan fingerprint density at radius 2 is 1.71 bits per heavy atom. The standard InChI is InChI=1S/C11H22N2O4/c1-11(2,3)17-10(16)13(5)8-9(15)12(4)6-7-14/h14H,6-8H2,1-5H3. The van der Waals surface area contributed by atoms with Crippen LogP contribution in [0.25, 0.3) is 0 Å². The fraction of sp³-hybridized carbons (Fsp3) is 0.818. The van der Waals surface area contributed by atoms with Gasteiger partial charge >= 0.3 is 6.09 Å². The predicted molar refractivity (Wildman–Crippen MR) is 63.6 cm³/mol. The lowest BCUT2D eigenvalue weighted by atomic mass is 10.2. The van der Waals surface area contributed by atoms with E-state index in [-0.39, 0.29) is 25.6 Å². The van der Waals surface area contributed by atoms with Gasteiger partial charge in [-0.1, -0.05) is 0 Å². The molecule has 6 heteroatoms. The fourth-order valence-electron chi connectivity index (χ4n) is 1.00. The Kier molecular flexibility index (Phi) is 5.95. The smallest absolute Gasteiger partial charge is 0.410 e. The maximum atomic E-state index is 11.6. The lowest BCUT2D eigenvalue weighted by Crippen LogP contribution is -2.42. The molecule has 0 saturated heterocycles. The van der Waals surface area contributed by atoms with Crippen LogP contribution in [0.2, 0.25) is 0 Å². The third kappa shape index (κ3) is 6.78. The monoisotopic (exact) mass is 246 g/mol. The molecule has 0 fully saturated rings. The zero-order valence-electron chi connectivity index (χ0n) is 11.2. The number of aliphatic hydroxyl groups excluding tert-OH is 1. The number of likely N-dealkylation sites (N-methyl/N-ethyl adjacent to an activating group) is 2. The summed E-state index contributed by atoms with van der Waals surface area (Å²) in [5, 5.41) is 8.68. The van der Waals surface area contributed by atoms with Crippen LogP contribution in [0.15, 0.2) is 0 Å². The van der Waals surface area contributed by atoms with Crippen LogP contribution in [0.3, 0.4) is 0 Å². The summed E-state index contributed by atoms with van der Waals surface area (Å²) in [6, 6.07) is 0. The van der Waals surface area contributed by atoms with Crippen LogP contribution in [0, 0.1) is 0 Å². The molecule has 0 rings (SSSR count). The Hall–Kier alpha value is -1.30. The first-order valence-electron chi connectivity index (χ1n) is 5.46. The molecule has 0 saturated carbocycles. The van der Waals surface area contributed by atoms with Crippen molar-refractivity contribution in [3.63, 3.8) is 0 Å². The summed E-state index contributed by atoms with van der Waals surface area (Å²) in [7, 11) is 3.07. The molecule has 17 heavy (non-hydrogen) atoms. The first kappa shape index (κ1) is 15.7. The summed E-state index contributed by atoms with van der Waals surface area (Å²) in [6.07, 6.45) is -0.539. The van der Waals surface area contributed by atoms with Crippen LogP contribution >= 0.6 is 0 Å². The van der Waals surface area contributed by atoms with Crippen molar-refractivity contribution < 1.29 is 19.4 Å². The molecule has 0 heterocycles. The van der Waals surface area contributed by atoms with Gasteiger partial charge in [0.1, 0.15) is 12.1 Å². The number of carbonyl (C=O) groups is 2. The SMILES string of the molecule is CN(CCO)C(=O)CN(C)C(=O)OC(C)(C)C. The minimum Gasteiger partial charge on any atom is -0.444 e. The Morgan fingerprint density at radius 1 is 1.18 bits per heavy atom. The molecule has 0 aromatic carbocycles. The second-order valence-electron chi connectivity index (χ2n) is 4.88. The molecule has 0 atom stereocenters. The molecule has 0 bridgehead atoms. The van der Waals surface area contributed by atoms with E-state index >= 15 is 0 Å². The van der Waals surface area contributed by atoms with Crippen molar-refractivity contribution in [3.8, 4) is 0 Å². The number of carbonyl (C=O) groups excluding carboxylic acids is 2. The third-order valence-corrected chi connectivity index (χ3v) is 1.94. The van der Waals surface area contributed by atoms with Gasteiger partial charge in [-0.05, 0) is 20.8 Å². The summed E-state index contributed by atoms with van der Waals surface area (Å²) in [6.45, 7) is 5.38. The highest BCUT2D eigenvalue weighted by Gasteiger charge is 2.21. The topological polar surface area (TPSA) is 70.1 Å². The molecule has 0 aliphatic carbocycles. The van der Waals surface area contributed by atoms with Gasteiger partial charge in [0, 0.05) is 20.6 Å². The van der Waals surface area contributed by atoms with Gasteiger partial charge < -0.3 is 19.6 Å². The van der Waals surface area contributed by atoms with E-state index < -0.39 is 11.7 Å². The molecule has 0 spiro atoms. The highest BCUT2D eigenvalue weighted by atomic mass is 16.6. The number of aliphatic hydroxyl groups is 1. The maximum absolute atomic E-state index is 11.6. The van der Waals surface area contributed by atoms with Crippen LogP contribution in [-0.2, 0) is 9.53 Å². The van der Waals surface area contributed by atoms with E-state index in [1.165, 1.54) is 16.8 Å². The molecule has 2 amide bonds. The second kappa shape index (κ2) is 6.44. The minimum atomic E-state index is -0.578. The molecule has 0 aliphatic rings. The van der Waals surface area contributed by atoms with Crippen LogP contribution in [-0.4, -0.2) is 66.3 Å². The zero-order chi connectivity index (χ0) is 13.6.